The molecule has 170 valence electrons. The van der Waals surface area contributed by atoms with Gasteiger partial charge in [0.25, 0.3) is 5.91 Å². The SMILES string of the molecule is COc1ccc(C(=O)N(C)c2ccc(N3CCC(c4cccc(C)c4)C3)cc2C(=O)O)cc1. The Hall–Kier alpha value is -3.80. The molecule has 33 heavy (non-hydrogen) atoms. The van der Waals surface area contributed by atoms with Crippen LogP contribution in [0.2, 0.25) is 0 Å². The molecule has 1 fully saturated rings. The number of carbonyl (C=O) groups excluding carboxylic acids is 1. The van der Waals surface area contributed by atoms with Crippen LogP contribution in [0.15, 0.2) is 66.7 Å². The van der Waals surface area contributed by atoms with Crippen molar-refractivity contribution >= 4 is 23.3 Å². The van der Waals surface area contributed by atoms with E-state index in [1.54, 1.807) is 50.6 Å². The summed E-state index contributed by atoms with van der Waals surface area (Å²) in [5.74, 6) is -0.277. The van der Waals surface area contributed by atoms with Crippen molar-refractivity contribution in [1.82, 2.24) is 0 Å². The summed E-state index contributed by atoms with van der Waals surface area (Å²) in [5, 5.41) is 9.89. The average Bonchev–Trinajstić information content (AvgIpc) is 3.33. The van der Waals surface area contributed by atoms with Crippen LogP contribution in [-0.2, 0) is 0 Å². The van der Waals surface area contributed by atoms with Crippen LogP contribution in [0.1, 0.15) is 44.2 Å². The Morgan fingerprint density at radius 2 is 1.82 bits per heavy atom. The maximum Gasteiger partial charge on any atom is 0.337 e. The van der Waals surface area contributed by atoms with Crippen LogP contribution in [-0.4, -0.2) is 44.2 Å². The number of carboxylic acid groups (broad SMARTS) is 1. The molecule has 3 aromatic carbocycles. The Bertz CT molecular complexity index is 1170. The van der Waals surface area contributed by atoms with Crippen LogP contribution in [0, 0.1) is 6.92 Å². The van der Waals surface area contributed by atoms with E-state index >= 15 is 0 Å². The highest BCUT2D eigenvalue weighted by Crippen LogP contribution is 2.34. The molecule has 0 saturated carbocycles. The molecular formula is C27H28N2O4. The second-order valence-electron chi connectivity index (χ2n) is 8.45. The second kappa shape index (κ2) is 9.36. The van der Waals surface area contributed by atoms with Crippen LogP contribution in [0.25, 0.3) is 0 Å². The fourth-order valence-corrected chi connectivity index (χ4v) is 4.41. The molecule has 1 aliphatic rings. The molecule has 1 unspecified atom stereocenters. The first-order chi connectivity index (χ1) is 15.9. The summed E-state index contributed by atoms with van der Waals surface area (Å²) in [5.41, 5.74) is 4.35. The fourth-order valence-electron chi connectivity index (χ4n) is 4.41. The minimum atomic E-state index is -1.06. The Morgan fingerprint density at radius 1 is 1.06 bits per heavy atom. The molecule has 1 atom stereocenters. The molecule has 0 spiro atoms. The van der Waals surface area contributed by atoms with Crippen LogP contribution in [0.3, 0.4) is 0 Å². The van der Waals surface area contributed by atoms with Crippen molar-refractivity contribution < 1.29 is 19.4 Å². The Morgan fingerprint density at radius 3 is 2.48 bits per heavy atom. The van der Waals surface area contributed by atoms with Gasteiger partial charge in [0.1, 0.15) is 5.75 Å². The van der Waals surface area contributed by atoms with Gasteiger partial charge in [0.05, 0.1) is 18.4 Å². The molecule has 1 aliphatic heterocycles. The van der Waals surface area contributed by atoms with Crippen molar-refractivity contribution in [2.45, 2.75) is 19.3 Å². The molecule has 6 nitrogen and oxygen atoms in total. The number of carbonyl (C=O) groups is 2. The number of amides is 1. The number of hydrogen-bond acceptors (Lipinski definition) is 4. The maximum atomic E-state index is 13.0. The molecule has 1 heterocycles. The zero-order valence-corrected chi connectivity index (χ0v) is 19.1. The van der Waals surface area contributed by atoms with Gasteiger partial charge in [0.2, 0.25) is 0 Å². The number of benzene rings is 3. The van der Waals surface area contributed by atoms with Crippen molar-refractivity contribution in [2.24, 2.45) is 0 Å². The molecular weight excluding hydrogens is 416 g/mol. The first-order valence-electron chi connectivity index (χ1n) is 11.0. The summed E-state index contributed by atoms with van der Waals surface area (Å²) in [4.78, 5) is 28.7. The van der Waals surface area contributed by atoms with Crippen LogP contribution >= 0.6 is 0 Å². The number of aromatic carboxylic acids is 1. The Kier molecular flexibility index (Phi) is 6.36. The fraction of sp³-hybridized carbons (Fsp3) is 0.259. The van der Waals surface area contributed by atoms with E-state index in [4.69, 9.17) is 4.74 Å². The number of nitrogens with zero attached hydrogens (tertiary/aromatic N) is 2. The number of aryl methyl sites for hydroxylation is 1. The van der Waals surface area contributed by atoms with Gasteiger partial charge in [-0.15, -0.1) is 0 Å². The van der Waals surface area contributed by atoms with Crippen LogP contribution in [0.5, 0.6) is 5.75 Å². The van der Waals surface area contributed by atoms with E-state index in [2.05, 4.69) is 36.1 Å². The largest absolute Gasteiger partial charge is 0.497 e. The van der Waals surface area contributed by atoms with Crippen molar-refractivity contribution in [1.29, 1.82) is 0 Å². The van der Waals surface area contributed by atoms with Crippen molar-refractivity contribution in [2.75, 3.05) is 37.0 Å². The Balaban J connectivity index is 1.56. The van der Waals surface area contributed by atoms with Gasteiger partial charge in [-0.3, -0.25) is 4.79 Å². The van der Waals surface area contributed by atoms with Gasteiger partial charge in [0.15, 0.2) is 0 Å². The highest BCUT2D eigenvalue weighted by molar-refractivity contribution is 6.09. The van der Waals surface area contributed by atoms with E-state index < -0.39 is 5.97 Å². The van der Waals surface area contributed by atoms with Gasteiger partial charge in [-0.05, 0) is 61.4 Å². The lowest BCUT2D eigenvalue weighted by molar-refractivity contribution is 0.0697. The highest BCUT2D eigenvalue weighted by atomic mass is 16.5. The molecule has 0 aliphatic carbocycles. The number of rotatable bonds is 6. The quantitative estimate of drug-likeness (QED) is 0.581. The second-order valence-corrected chi connectivity index (χ2v) is 8.45. The van der Waals surface area contributed by atoms with Gasteiger partial charge >= 0.3 is 5.97 Å². The molecule has 0 radical (unpaired) electrons. The Labute approximate surface area is 194 Å². The topological polar surface area (TPSA) is 70.1 Å². The van der Waals surface area contributed by atoms with E-state index in [1.807, 2.05) is 6.07 Å². The highest BCUT2D eigenvalue weighted by Gasteiger charge is 2.26. The monoisotopic (exact) mass is 444 g/mol. The predicted molar refractivity (Wildman–Crippen MR) is 130 cm³/mol. The molecule has 0 aromatic heterocycles. The molecule has 1 N–H and O–H groups in total. The molecule has 6 heteroatoms. The first-order valence-corrected chi connectivity index (χ1v) is 11.0. The van der Waals surface area contributed by atoms with Gasteiger partial charge < -0.3 is 19.6 Å². The standard InChI is InChI=1S/C27H28N2O4/c1-18-5-4-6-20(15-18)21-13-14-29(17-21)22-9-12-25(24(16-22)27(31)32)28(2)26(30)19-7-10-23(33-3)11-8-19/h4-12,15-16,21H,13-14,17H2,1-3H3,(H,31,32). The third-order valence-electron chi connectivity index (χ3n) is 6.28. The van der Waals surface area contributed by atoms with Gasteiger partial charge in [-0.25, -0.2) is 4.79 Å². The molecule has 0 bridgehead atoms. The number of carboxylic acids is 1. The summed E-state index contributed by atoms with van der Waals surface area (Å²) in [7, 11) is 3.16. The van der Waals surface area contributed by atoms with Gasteiger partial charge in [0, 0.05) is 37.3 Å². The molecule has 1 saturated heterocycles. The van der Waals surface area contributed by atoms with Crippen molar-refractivity contribution in [3.63, 3.8) is 0 Å². The third-order valence-corrected chi connectivity index (χ3v) is 6.28. The summed E-state index contributed by atoms with van der Waals surface area (Å²) in [6.45, 7) is 3.79. The molecule has 4 rings (SSSR count). The van der Waals surface area contributed by atoms with E-state index in [0.717, 1.165) is 25.2 Å². The maximum absolute atomic E-state index is 13.0. The van der Waals surface area contributed by atoms with Crippen LogP contribution in [0.4, 0.5) is 11.4 Å². The zero-order valence-electron chi connectivity index (χ0n) is 19.1. The number of hydrogen-bond donors (Lipinski definition) is 1. The summed E-state index contributed by atoms with van der Waals surface area (Å²) >= 11 is 0. The van der Waals surface area contributed by atoms with E-state index in [9.17, 15) is 14.7 Å². The lowest BCUT2D eigenvalue weighted by Crippen LogP contribution is -2.28. The molecule has 1 amide bonds. The summed E-state index contributed by atoms with van der Waals surface area (Å²) in [6, 6.07) is 20.6. The number of anilines is 2. The van der Waals surface area contributed by atoms with Crippen molar-refractivity contribution in [3.05, 3.63) is 89.0 Å². The average molecular weight is 445 g/mol. The number of ether oxygens (including phenoxy) is 1. The lowest BCUT2D eigenvalue weighted by Gasteiger charge is -2.23. The minimum absolute atomic E-state index is 0.107. The molecule has 3 aromatic rings. The summed E-state index contributed by atoms with van der Waals surface area (Å²) < 4.78 is 5.14. The lowest BCUT2D eigenvalue weighted by atomic mass is 9.97. The first kappa shape index (κ1) is 22.4. The number of methoxy groups -OCH3 is 1. The minimum Gasteiger partial charge on any atom is -0.497 e. The van der Waals surface area contributed by atoms with E-state index in [-0.39, 0.29) is 11.5 Å². The van der Waals surface area contributed by atoms with Crippen LogP contribution < -0.4 is 14.5 Å². The van der Waals surface area contributed by atoms with E-state index in [1.165, 1.54) is 16.0 Å². The zero-order chi connectivity index (χ0) is 23.5. The summed E-state index contributed by atoms with van der Waals surface area (Å²) in [6.07, 6.45) is 1.02. The van der Waals surface area contributed by atoms with Gasteiger partial charge in [-0.2, -0.15) is 0 Å². The van der Waals surface area contributed by atoms with Gasteiger partial charge in [-0.1, -0.05) is 29.8 Å². The smallest absolute Gasteiger partial charge is 0.337 e. The van der Waals surface area contributed by atoms with E-state index in [0.29, 0.717) is 22.9 Å². The third kappa shape index (κ3) is 4.70. The van der Waals surface area contributed by atoms with Crippen molar-refractivity contribution in [3.8, 4) is 5.75 Å². The normalized spacial score (nSPS) is 15.4. The predicted octanol–water partition coefficient (Wildman–Crippen LogP) is 4.97.